The summed E-state index contributed by atoms with van der Waals surface area (Å²) in [7, 11) is 0. The van der Waals surface area contributed by atoms with Crippen molar-refractivity contribution in [2.75, 3.05) is 13.1 Å². The first-order valence-electron chi connectivity index (χ1n) is 6.47. The van der Waals surface area contributed by atoms with Crippen molar-refractivity contribution in [1.82, 2.24) is 15.3 Å². The van der Waals surface area contributed by atoms with E-state index in [1.54, 1.807) is 11.3 Å². The van der Waals surface area contributed by atoms with Gasteiger partial charge in [-0.1, -0.05) is 0 Å². The Balaban J connectivity index is 1.74. The van der Waals surface area contributed by atoms with Crippen molar-refractivity contribution >= 4 is 11.3 Å². The Kier molecular flexibility index (Phi) is 3.67. The zero-order valence-electron chi connectivity index (χ0n) is 10.3. The Hall–Kier alpha value is -1.26. The number of hydrogen-bond donors (Lipinski definition) is 1. The molecule has 1 aliphatic rings. The van der Waals surface area contributed by atoms with E-state index in [1.807, 2.05) is 17.8 Å². The fourth-order valence-electron chi connectivity index (χ4n) is 2.50. The molecule has 94 valence electrons. The Bertz CT molecular complexity index is 490. The third kappa shape index (κ3) is 2.76. The molecule has 0 aliphatic carbocycles. The summed E-state index contributed by atoms with van der Waals surface area (Å²) in [5.74, 6) is 0.769. The van der Waals surface area contributed by atoms with E-state index >= 15 is 0 Å². The number of pyridine rings is 1. The zero-order valence-corrected chi connectivity index (χ0v) is 11.1. The molecule has 2 aromatic rings. The lowest BCUT2D eigenvalue weighted by atomic mass is 9.92. The minimum Gasteiger partial charge on any atom is -0.316 e. The highest BCUT2D eigenvalue weighted by Crippen LogP contribution is 2.22. The van der Waals surface area contributed by atoms with Gasteiger partial charge in [-0.2, -0.15) is 0 Å². The van der Waals surface area contributed by atoms with Crippen molar-refractivity contribution in [2.45, 2.75) is 19.3 Å². The molecule has 3 nitrogen and oxygen atoms in total. The summed E-state index contributed by atoms with van der Waals surface area (Å²) in [5, 5.41) is 6.48. The van der Waals surface area contributed by atoms with Gasteiger partial charge in [0.2, 0.25) is 0 Å². The lowest BCUT2D eigenvalue weighted by molar-refractivity contribution is 0.376. The number of thiazole rings is 1. The molecule has 4 heteroatoms. The predicted molar refractivity (Wildman–Crippen MR) is 74.6 cm³/mol. The van der Waals surface area contributed by atoms with E-state index in [0.717, 1.165) is 29.6 Å². The van der Waals surface area contributed by atoms with Crippen LogP contribution in [0.15, 0.2) is 29.9 Å². The van der Waals surface area contributed by atoms with Crippen LogP contribution in [0.2, 0.25) is 0 Å². The Morgan fingerprint density at radius 1 is 1.33 bits per heavy atom. The average Bonchev–Trinajstić information content (AvgIpc) is 2.94. The molecule has 1 N–H and O–H groups in total. The highest BCUT2D eigenvalue weighted by Gasteiger charge is 2.14. The van der Waals surface area contributed by atoms with Crippen molar-refractivity contribution in [2.24, 2.45) is 5.92 Å². The second-order valence-electron chi connectivity index (χ2n) is 4.80. The van der Waals surface area contributed by atoms with Gasteiger partial charge in [0.1, 0.15) is 5.01 Å². The molecule has 1 saturated heterocycles. The molecule has 18 heavy (non-hydrogen) atoms. The van der Waals surface area contributed by atoms with Crippen LogP contribution in [0.5, 0.6) is 0 Å². The Labute approximate surface area is 111 Å². The highest BCUT2D eigenvalue weighted by molar-refractivity contribution is 7.13. The molecule has 1 unspecified atom stereocenters. The van der Waals surface area contributed by atoms with Crippen LogP contribution in [0.3, 0.4) is 0 Å². The van der Waals surface area contributed by atoms with Crippen molar-refractivity contribution in [1.29, 1.82) is 0 Å². The average molecular weight is 259 g/mol. The van der Waals surface area contributed by atoms with Crippen LogP contribution in [-0.4, -0.2) is 23.1 Å². The first-order valence-corrected chi connectivity index (χ1v) is 7.35. The largest absolute Gasteiger partial charge is 0.316 e. The summed E-state index contributed by atoms with van der Waals surface area (Å²) in [5.41, 5.74) is 2.38. The summed E-state index contributed by atoms with van der Waals surface area (Å²) in [4.78, 5) is 8.73. The normalized spacial score (nSPS) is 19.9. The summed E-state index contributed by atoms with van der Waals surface area (Å²) in [6.45, 7) is 2.33. The van der Waals surface area contributed by atoms with E-state index < -0.39 is 0 Å². The minimum atomic E-state index is 0.769. The van der Waals surface area contributed by atoms with Gasteiger partial charge in [-0.05, 0) is 56.0 Å². The summed E-state index contributed by atoms with van der Waals surface area (Å²) in [6.07, 6.45) is 7.52. The lowest BCUT2D eigenvalue weighted by Gasteiger charge is -2.22. The fourth-order valence-corrected chi connectivity index (χ4v) is 3.10. The van der Waals surface area contributed by atoms with Gasteiger partial charge in [-0.15, -0.1) is 11.3 Å². The number of nitrogens with one attached hydrogen (secondary N) is 1. The van der Waals surface area contributed by atoms with E-state index in [0.29, 0.717) is 0 Å². The molecular weight excluding hydrogens is 242 g/mol. The van der Waals surface area contributed by atoms with E-state index in [-0.39, 0.29) is 0 Å². The molecule has 3 heterocycles. The topological polar surface area (TPSA) is 37.8 Å². The molecule has 0 saturated carbocycles. The molecule has 2 aromatic heterocycles. The predicted octanol–water partition coefficient (Wildman–Crippen LogP) is 2.75. The van der Waals surface area contributed by atoms with E-state index in [4.69, 9.17) is 0 Å². The highest BCUT2D eigenvalue weighted by atomic mass is 32.1. The summed E-state index contributed by atoms with van der Waals surface area (Å²) >= 11 is 1.64. The Morgan fingerprint density at radius 2 is 2.33 bits per heavy atom. The first-order chi connectivity index (χ1) is 8.92. The van der Waals surface area contributed by atoms with Crippen LogP contribution in [0.4, 0.5) is 0 Å². The van der Waals surface area contributed by atoms with Gasteiger partial charge in [0.25, 0.3) is 0 Å². The van der Waals surface area contributed by atoms with Crippen LogP contribution < -0.4 is 5.32 Å². The molecule has 1 atom stereocenters. The van der Waals surface area contributed by atoms with Crippen LogP contribution in [0, 0.1) is 5.92 Å². The SMILES string of the molecule is c1cc(CC2CCCNC2)cc(-c2nccs2)n1. The van der Waals surface area contributed by atoms with Crippen LogP contribution >= 0.6 is 11.3 Å². The second-order valence-corrected chi connectivity index (χ2v) is 5.70. The van der Waals surface area contributed by atoms with Gasteiger partial charge in [-0.3, -0.25) is 4.98 Å². The molecule has 0 radical (unpaired) electrons. The van der Waals surface area contributed by atoms with E-state index in [2.05, 4.69) is 27.4 Å². The van der Waals surface area contributed by atoms with Crippen molar-refractivity contribution in [3.63, 3.8) is 0 Å². The van der Waals surface area contributed by atoms with Crippen molar-refractivity contribution in [3.8, 4) is 10.7 Å². The minimum absolute atomic E-state index is 0.769. The van der Waals surface area contributed by atoms with Gasteiger partial charge in [0.05, 0.1) is 5.69 Å². The van der Waals surface area contributed by atoms with Crippen LogP contribution in [0.1, 0.15) is 18.4 Å². The molecule has 0 bridgehead atoms. The maximum absolute atomic E-state index is 4.41. The number of nitrogens with zero attached hydrogens (tertiary/aromatic N) is 2. The molecule has 1 aliphatic heterocycles. The van der Waals surface area contributed by atoms with E-state index in [1.165, 1.54) is 24.9 Å². The number of rotatable bonds is 3. The molecule has 3 rings (SSSR count). The molecule has 0 amide bonds. The van der Waals surface area contributed by atoms with Gasteiger partial charge in [0.15, 0.2) is 0 Å². The first kappa shape index (κ1) is 11.8. The summed E-state index contributed by atoms with van der Waals surface area (Å²) < 4.78 is 0. The molecule has 1 fully saturated rings. The van der Waals surface area contributed by atoms with Gasteiger partial charge >= 0.3 is 0 Å². The van der Waals surface area contributed by atoms with Crippen molar-refractivity contribution < 1.29 is 0 Å². The molecular formula is C14H17N3S. The Morgan fingerprint density at radius 3 is 3.11 bits per heavy atom. The number of aromatic nitrogens is 2. The third-order valence-corrected chi connectivity index (χ3v) is 4.19. The standard InChI is InChI=1S/C14H17N3S/c1-2-12(10-15-4-1)8-11-3-5-16-13(9-11)14-17-6-7-18-14/h3,5-7,9,12,15H,1-2,4,8,10H2. The van der Waals surface area contributed by atoms with Crippen LogP contribution in [0.25, 0.3) is 10.7 Å². The summed E-state index contributed by atoms with van der Waals surface area (Å²) in [6, 6.07) is 4.32. The van der Waals surface area contributed by atoms with E-state index in [9.17, 15) is 0 Å². The smallest absolute Gasteiger partial charge is 0.141 e. The lowest BCUT2D eigenvalue weighted by Crippen LogP contribution is -2.30. The maximum Gasteiger partial charge on any atom is 0.141 e. The zero-order chi connectivity index (χ0) is 12.2. The van der Waals surface area contributed by atoms with Gasteiger partial charge in [0, 0.05) is 17.8 Å². The number of piperidine rings is 1. The molecule has 0 aromatic carbocycles. The fraction of sp³-hybridized carbons (Fsp3) is 0.429. The molecule has 0 spiro atoms. The van der Waals surface area contributed by atoms with Crippen molar-refractivity contribution in [3.05, 3.63) is 35.5 Å². The monoisotopic (exact) mass is 259 g/mol. The third-order valence-electron chi connectivity index (χ3n) is 3.40. The van der Waals surface area contributed by atoms with Gasteiger partial charge < -0.3 is 5.32 Å². The van der Waals surface area contributed by atoms with Gasteiger partial charge in [-0.25, -0.2) is 4.98 Å². The maximum atomic E-state index is 4.41. The second kappa shape index (κ2) is 5.59. The van der Waals surface area contributed by atoms with Crippen LogP contribution in [-0.2, 0) is 6.42 Å². The quantitative estimate of drug-likeness (QED) is 0.921. The number of hydrogen-bond acceptors (Lipinski definition) is 4.